The number of rotatable bonds is 4. The van der Waals surface area contributed by atoms with Crippen LogP contribution < -0.4 is 16.0 Å². The molecular formula is C11H9BrClN3O3. The highest BCUT2D eigenvalue weighted by Gasteiger charge is 2.12. The van der Waals surface area contributed by atoms with E-state index in [1.165, 1.54) is 6.07 Å². The van der Waals surface area contributed by atoms with Crippen molar-refractivity contribution in [1.82, 2.24) is 10.6 Å². The molecule has 8 heteroatoms. The topological polar surface area (TPSA) is 90.4 Å². The molecule has 2 aromatic rings. The second-order valence-electron chi connectivity index (χ2n) is 3.52. The van der Waals surface area contributed by atoms with Gasteiger partial charge < -0.3 is 9.26 Å². The van der Waals surface area contributed by atoms with Gasteiger partial charge in [0.25, 0.3) is 5.91 Å². The molecule has 0 saturated heterocycles. The van der Waals surface area contributed by atoms with E-state index in [1.54, 1.807) is 18.2 Å². The number of nitrogens with zero attached hydrogens (tertiary/aromatic N) is 1. The van der Waals surface area contributed by atoms with E-state index in [1.807, 2.05) is 5.43 Å². The van der Waals surface area contributed by atoms with Gasteiger partial charge in [-0.25, -0.2) is 5.84 Å². The lowest BCUT2D eigenvalue weighted by atomic mass is 10.3. The van der Waals surface area contributed by atoms with Crippen molar-refractivity contribution in [1.29, 1.82) is 0 Å². The van der Waals surface area contributed by atoms with Gasteiger partial charge in [-0.2, -0.15) is 0 Å². The Labute approximate surface area is 121 Å². The minimum absolute atomic E-state index is 0.0938. The first kappa shape index (κ1) is 13.9. The number of hydrogen-bond donors (Lipinski definition) is 2. The predicted octanol–water partition coefficient (Wildman–Crippen LogP) is 2.27. The van der Waals surface area contributed by atoms with Crippen LogP contribution in [0.2, 0.25) is 5.02 Å². The molecule has 6 nitrogen and oxygen atoms in total. The third-order valence-corrected chi connectivity index (χ3v) is 3.04. The molecule has 0 aliphatic rings. The van der Waals surface area contributed by atoms with Gasteiger partial charge in [0.2, 0.25) is 0 Å². The molecule has 100 valence electrons. The predicted molar refractivity (Wildman–Crippen MR) is 71.6 cm³/mol. The zero-order valence-corrected chi connectivity index (χ0v) is 11.9. The summed E-state index contributed by atoms with van der Waals surface area (Å²) in [6.07, 6.45) is 0. The molecule has 3 N–H and O–H groups in total. The normalized spacial score (nSPS) is 10.3. The van der Waals surface area contributed by atoms with E-state index in [2.05, 4.69) is 21.1 Å². The molecule has 0 bridgehead atoms. The fourth-order valence-corrected chi connectivity index (χ4v) is 2.10. The summed E-state index contributed by atoms with van der Waals surface area (Å²) < 4.78 is 11.2. The number of carbonyl (C=O) groups is 1. The maximum absolute atomic E-state index is 11.2. The quantitative estimate of drug-likeness (QED) is 0.503. The Hall–Kier alpha value is -1.57. The maximum atomic E-state index is 11.2. The molecule has 0 aliphatic heterocycles. The van der Waals surface area contributed by atoms with Crippen LogP contribution in [0.25, 0.3) is 0 Å². The average Bonchev–Trinajstić information content (AvgIpc) is 2.85. The molecular weight excluding hydrogens is 337 g/mol. The molecule has 0 saturated carbocycles. The van der Waals surface area contributed by atoms with Gasteiger partial charge in [0, 0.05) is 11.1 Å². The Kier molecular flexibility index (Phi) is 4.41. The number of ether oxygens (including phenoxy) is 1. The number of aromatic nitrogens is 1. The minimum atomic E-state index is -0.525. The van der Waals surface area contributed by atoms with Crippen LogP contribution >= 0.6 is 27.5 Å². The van der Waals surface area contributed by atoms with Gasteiger partial charge in [-0.15, -0.1) is 0 Å². The monoisotopic (exact) mass is 345 g/mol. The zero-order chi connectivity index (χ0) is 13.8. The van der Waals surface area contributed by atoms with Gasteiger partial charge >= 0.3 is 0 Å². The SMILES string of the molecule is NNC(=O)c1cc(COc2ccc(Cl)cc2Br)on1. The molecule has 0 atom stereocenters. The van der Waals surface area contributed by atoms with Crippen molar-refractivity contribution >= 4 is 33.4 Å². The van der Waals surface area contributed by atoms with Crippen LogP contribution in [0.15, 0.2) is 33.3 Å². The lowest BCUT2D eigenvalue weighted by Crippen LogP contribution is -2.30. The van der Waals surface area contributed by atoms with Crippen LogP contribution in [0, 0.1) is 0 Å². The van der Waals surface area contributed by atoms with Crippen molar-refractivity contribution < 1.29 is 14.1 Å². The molecule has 0 unspecified atom stereocenters. The Bertz CT molecular complexity index is 603. The van der Waals surface area contributed by atoms with Crippen molar-refractivity contribution in [3.05, 3.63) is 45.2 Å². The lowest BCUT2D eigenvalue weighted by molar-refractivity contribution is 0.0944. The fraction of sp³-hybridized carbons (Fsp3) is 0.0909. The van der Waals surface area contributed by atoms with Crippen molar-refractivity contribution in [2.75, 3.05) is 0 Å². The van der Waals surface area contributed by atoms with E-state index >= 15 is 0 Å². The highest BCUT2D eigenvalue weighted by atomic mass is 79.9. The third-order valence-electron chi connectivity index (χ3n) is 2.19. The van der Waals surface area contributed by atoms with E-state index in [0.717, 1.165) is 4.47 Å². The summed E-state index contributed by atoms with van der Waals surface area (Å²) in [6.45, 7) is 0.130. The second kappa shape index (κ2) is 6.05. The van der Waals surface area contributed by atoms with E-state index < -0.39 is 5.91 Å². The smallest absolute Gasteiger partial charge is 0.287 e. The molecule has 0 fully saturated rings. The summed E-state index contributed by atoms with van der Waals surface area (Å²) in [7, 11) is 0. The molecule has 1 heterocycles. The van der Waals surface area contributed by atoms with E-state index in [9.17, 15) is 4.79 Å². The van der Waals surface area contributed by atoms with E-state index in [4.69, 9.17) is 26.7 Å². The number of nitrogens with two attached hydrogens (primary N) is 1. The number of carbonyl (C=O) groups excluding carboxylic acids is 1. The van der Waals surface area contributed by atoms with Gasteiger partial charge in [-0.1, -0.05) is 16.8 Å². The molecule has 2 rings (SSSR count). The third kappa shape index (κ3) is 3.46. The maximum Gasteiger partial charge on any atom is 0.287 e. The van der Waals surface area contributed by atoms with Gasteiger partial charge in [0.15, 0.2) is 11.5 Å². The summed E-state index contributed by atoms with van der Waals surface area (Å²) >= 11 is 9.14. The van der Waals surface area contributed by atoms with Crippen LogP contribution in [0.5, 0.6) is 5.75 Å². The first-order valence-electron chi connectivity index (χ1n) is 5.14. The average molecular weight is 347 g/mol. The van der Waals surface area contributed by atoms with Crippen molar-refractivity contribution in [3.8, 4) is 5.75 Å². The summed E-state index contributed by atoms with van der Waals surface area (Å²) in [6, 6.07) is 6.59. The Morgan fingerprint density at radius 1 is 1.53 bits per heavy atom. The van der Waals surface area contributed by atoms with E-state index in [-0.39, 0.29) is 12.3 Å². The molecule has 0 radical (unpaired) electrons. The zero-order valence-electron chi connectivity index (χ0n) is 9.52. The highest BCUT2D eigenvalue weighted by Crippen LogP contribution is 2.28. The Balaban J connectivity index is 2.02. The number of hydrazine groups is 1. The summed E-state index contributed by atoms with van der Waals surface area (Å²) in [5, 5.41) is 4.15. The molecule has 0 spiro atoms. The van der Waals surface area contributed by atoms with Crippen molar-refractivity contribution in [2.24, 2.45) is 5.84 Å². The number of nitrogens with one attached hydrogen (secondary N) is 1. The largest absolute Gasteiger partial charge is 0.484 e. The van der Waals surface area contributed by atoms with Gasteiger partial charge in [0.05, 0.1) is 4.47 Å². The summed E-state index contributed by atoms with van der Waals surface area (Å²) in [5.74, 6) is 5.46. The summed E-state index contributed by atoms with van der Waals surface area (Å²) in [5.41, 5.74) is 2.05. The molecule has 1 aromatic heterocycles. The minimum Gasteiger partial charge on any atom is -0.484 e. The standard InChI is InChI=1S/C11H9BrClN3O3/c12-8-3-6(13)1-2-10(8)18-5-7-4-9(16-19-7)11(17)15-14/h1-4H,5,14H2,(H,15,17). The van der Waals surface area contributed by atoms with Gasteiger partial charge in [-0.05, 0) is 34.1 Å². The number of hydrogen-bond acceptors (Lipinski definition) is 5. The first-order valence-corrected chi connectivity index (χ1v) is 6.31. The van der Waals surface area contributed by atoms with Crippen molar-refractivity contribution in [2.45, 2.75) is 6.61 Å². The molecule has 19 heavy (non-hydrogen) atoms. The Morgan fingerprint density at radius 3 is 3.00 bits per heavy atom. The second-order valence-corrected chi connectivity index (χ2v) is 4.81. The van der Waals surface area contributed by atoms with Crippen LogP contribution in [-0.4, -0.2) is 11.1 Å². The van der Waals surface area contributed by atoms with Gasteiger partial charge in [-0.3, -0.25) is 10.2 Å². The van der Waals surface area contributed by atoms with E-state index in [0.29, 0.717) is 16.5 Å². The van der Waals surface area contributed by atoms with Crippen LogP contribution in [0.3, 0.4) is 0 Å². The number of benzene rings is 1. The van der Waals surface area contributed by atoms with Crippen LogP contribution in [-0.2, 0) is 6.61 Å². The molecule has 1 aromatic carbocycles. The van der Waals surface area contributed by atoms with Crippen LogP contribution in [0.4, 0.5) is 0 Å². The number of halogens is 2. The van der Waals surface area contributed by atoms with Crippen molar-refractivity contribution in [3.63, 3.8) is 0 Å². The molecule has 0 aliphatic carbocycles. The number of nitrogen functional groups attached to an aromatic ring is 1. The first-order chi connectivity index (χ1) is 9.10. The summed E-state index contributed by atoms with van der Waals surface area (Å²) in [4.78, 5) is 11.2. The lowest BCUT2D eigenvalue weighted by Gasteiger charge is -2.05. The molecule has 1 amide bonds. The number of amides is 1. The highest BCUT2D eigenvalue weighted by molar-refractivity contribution is 9.10. The van der Waals surface area contributed by atoms with Crippen LogP contribution in [0.1, 0.15) is 16.2 Å². The fourth-order valence-electron chi connectivity index (χ4n) is 1.30. The Morgan fingerprint density at radius 2 is 2.32 bits per heavy atom. The van der Waals surface area contributed by atoms with Gasteiger partial charge in [0.1, 0.15) is 12.4 Å².